The molecule has 27 heavy (non-hydrogen) atoms. The zero-order valence-corrected chi connectivity index (χ0v) is 15.0. The van der Waals surface area contributed by atoms with E-state index in [-0.39, 0.29) is 17.6 Å². The highest BCUT2D eigenvalue weighted by molar-refractivity contribution is 5.97. The lowest BCUT2D eigenvalue weighted by Gasteiger charge is -2.45. The zero-order chi connectivity index (χ0) is 18.8. The molecule has 0 saturated carbocycles. The highest BCUT2D eigenvalue weighted by Crippen LogP contribution is 2.20. The number of halogens is 1. The summed E-state index contributed by atoms with van der Waals surface area (Å²) < 4.78 is 13.9. The maximum Gasteiger partial charge on any atom is 0.246 e. The van der Waals surface area contributed by atoms with Crippen molar-refractivity contribution in [1.82, 2.24) is 15.1 Å². The minimum Gasteiger partial charge on any atom is -0.342 e. The van der Waals surface area contributed by atoms with Crippen LogP contribution in [0.1, 0.15) is 11.1 Å². The molecule has 0 unspecified atom stereocenters. The molecule has 2 aromatic carbocycles. The number of amides is 2. The average molecular weight is 367 g/mol. The van der Waals surface area contributed by atoms with E-state index in [2.05, 4.69) is 5.32 Å². The Kier molecular flexibility index (Phi) is 4.90. The molecule has 0 aromatic heterocycles. The van der Waals surface area contributed by atoms with Gasteiger partial charge in [-0.2, -0.15) is 0 Å². The summed E-state index contributed by atoms with van der Waals surface area (Å²) in [6.45, 7) is 1.97. The van der Waals surface area contributed by atoms with E-state index in [1.54, 1.807) is 23.1 Å². The maximum atomic E-state index is 13.9. The fraction of sp³-hybridized carbons (Fsp3) is 0.333. The van der Waals surface area contributed by atoms with Gasteiger partial charge in [0.05, 0.1) is 0 Å². The van der Waals surface area contributed by atoms with Crippen LogP contribution in [0.25, 0.3) is 0 Å². The number of carbonyl (C=O) groups excluding carboxylic acids is 2. The van der Waals surface area contributed by atoms with Gasteiger partial charge in [-0.05, 0) is 11.6 Å². The lowest BCUT2D eigenvalue weighted by molar-refractivity contribution is -0.153. The molecule has 0 spiro atoms. The smallest absolute Gasteiger partial charge is 0.246 e. The predicted molar refractivity (Wildman–Crippen MR) is 99.3 cm³/mol. The van der Waals surface area contributed by atoms with Crippen molar-refractivity contribution in [3.05, 3.63) is 71.5 Å². The Morgan fingerprint density at radius 1 is 1.00 bits per heavy atom. The first-order valence-electron chi connectivity index (χ1n) is 9.22. The Bertz CT molecular complexity index is 842. The number of hydrogen-bond acceptors (Lipinski definition) is 3. The molecule has 2 saturated heterocycles. The summed E-state index contributed by atoms with van der Waals surface area (Å²) in [7, 11) is 0. The van der Waals surface area contributed by atoms with Crippen LogP contribution in [-0.2, 0) is 22.6 Å². The van der Waals surface area contributed by atoms with E-state index in [4.69, 9.17) is 0 Å². The van der Waals surface area contributed by atoms with Crippen LogP contribution in [0.2, 0.25) is 0 Å². The second kappa shape index (κ2) is 7.48. The first-order chi connectivity index (χ1) is 13.1. The zero-order valence-electron chi connectivity index (χ0n) is 15.0. The van der Waals surface area contributed by atoms with Crippen LogP contribution in [-0.4, -0.2) is 53.3 Å². The summed E-state index contributed by atoms with van der Waals surface area (Å²) in [4.78, 5) is 29.2. The summed E-state index contributed by atoms with van der Waals surface area (Å²) in [6, 6.07) is 15.3. The second-order valence-electron chi connectivity index (χ2n) is 7.12. The van der Waals surface area contributed by atoms with Crippen molar-refractivity contribution >= 4 is 11.8 Å². The summed E-state index contributed by atoms with van der Waals surface area (Å²) in [6.07, 6.45) is 0.494. The molecule has 140 valence electrons. The first kappa shape index (κ1) is 17.7. The third kappa shape index (κ3) is 3.71. The van der Waals surface area contributed by atoms with Crippen LogP contribution in [0.5, 0.6) is 0 Å². The molecule has 1 N–H and O–H groups in total. The summed E-state index contributed by atoms with van der Waals surface area (Å²) >= 11 is 0. The minimum absolute atomic E-state index is 0.0333. The third-order valence-corrected chi connectivity index (χ3v) is 5.30. The van der Waals surface area contributed by atoms with Gasteiger partial charge in [0.15, 0.2) is 0 Å². The van der Waals surface area contributed by atoms with Crippen molar-refractivity contribution in [1.29, 1.82) is 0 Å². The minimum atomic E-state index is -0.519. The molecule has 0 radical (unpaired) electrons. The molecule has 0 bridgehead atoms. The molecule has 5 nitrogen and oxygen atoms in total. The van der Waals surface area contributed by atoms with E-state index in [9.17, 15) is 14.0 Å². The van der Waals surface area contributed by atoms with Gasteiger partial charge in [-0.15, -0.1) is 0 Å². The molecule has 4 rings (SSSR count). The van der Waals surface area contributed by atoms with Crippen LogP contribution in [0, 0.1) is 5.82 Å². The van der Waals surface area contributed by atoms with Crippen LogP contribution in [0.15, 0.2) is 54.6 Å². The topological polar surface area (TPSA) is 52.7 Å². The number of hydrogen-bond donors (Lipinski definition) is 1. The van der Waals surface area contributed by atoms with Crippen LogP contribution in [0.4, 0.5) is 4.39 Å². The Hall–Kier alpha value is -2.73. The van der Waals surface area contributed by atoms with Gasteiger partial charge in [-0.25, -0.2) is 4.39 Å². The molecule has 6 heteroatoms. The number of benzene rings is 2. The molecule has 2 amide bonds. The van der Waals surface area contributed by atoms with Crippen molar-refractivity contribution in [2.45, 2.75) is 25.0 Å². The number of carbonyl (C=O) groups is 2. The van der Waals surface area contributed by atoms with E-state index >= 15 is 0 Å². The Balaban J connectivity index is 1.43. The number of fused-ring (bicyclic) bond motifs is 1. The largest absolute Gasteiger partial charge is 0.342 e. The average Bonchev–Trinajstić information content (AvgIpc) is 2.68. The molecule has 0 aliphatic carbocycles. The second-order valence-corrected chi connectivity index (χ2v) is 7.12. The first-order valence-corrected chi connectivity index (χ1v) is 9.22. The SMILES string of the molecule is O=C1N[C@@H](Cc2ccccc2)C(=O)N2CCN(Cc3ccccc3F)C[C@H]12. The van der Waals surface area contributed by atoms with Gasteiger partial charge in [0.1, 0.15) is 17.9 Å². The highest BCUT2D eigenvalue weighted by Gasteiger charge is 2.43. The number of nitrogens with zero attached hydrogens (tertiary/aromatic N) is 2. The molecule has 2 atom stereocenters. The number of nitrogens with one attached hydrogen (secondary N) is 1. The van der Waals surface area contributed by atoms with Crippen molar-refractivity contribution in [3.63, 3.8) is 0 Å². The third-order valence-electron chi connectivity index (χ3n) is 5.30. The number of rotatable bonds is 4. The van der Waals surface area contributed by atoms with Crippen molar-refractivity contribution in [3.8, 4) is 0 Å². The number of piperazine rings is 2. The summed E-state index contributed by atoms with van der Waals surface area (Å²) in [5.41, 5.74) is 1.63. The summed E-state index contributed by atoms with van der Waals surface area (Å²) in [5.74, 6) is -0.408. The molecule has 2 aliphatic heterocycles. The molecular weight excluding hydrogens is 345 g/mol. The molecule has 2 fully saturated rings. The van der Waals surface area contributed by atoms with E-state index in [1.807, 2.05) is 35.2 Å². The Morgan fingerprint density at radius 3 is 2.52 bits per heavy atom. The lowest BCUT2D eigenvalue weighted by atomic mass is 9.98. The lowest BCUT2D eigenvalue weighted by Crippen LogP contribution is -2.69. The van der Waals surface area contributed by atoms with Gasteiger partial charge in [0.25, 0.3) is 0 Å². The van der Waals surface area contributed by atoms with Crippen molar-refractivity contribution in [2.24, 2.45) is 0 Å². The predicted octanol–water partition coefficient (Wildman–Crippen LogP) is 1.58. The summed E-state index contributed by atoms with van der Waals surface area (Å²) in [5, 5.41) is 2.88. The fourth-order valence-electron chi connectivity index (χ4n) is 3.86. The molecule has 2 heterocycles. The van der Waals surface area contributed by atoms with E-state index in [1.165, 1.54) is 6.07 Å². The Morgan fingerprint density at radius 2 is 1.74 bits per heavy atom. The fourth-order valence-corrected chi connectivity index (χ4v) is 3.86. The standard InChI is InChI=1S/C21H22FN3O2/c22-17-9-5-4-8-16(17)13-24-10-11-25-19(14-24)20(26)23-18(21(25)27)12-15-6-2-1-3-7-15/h1-9,18-19H,10-14H2,(H,23,26)/t18-,19+/m0/s1. The van der Waals surface area contributed by atoms with E-state index in [0.717, 1.165) is 5.56 Å². The van der Waals surface area contributed by atoms with Gasteiger partial charge in [0.2, 0.25) is 11.8 Å². The van der Waals surface area contributed by atoms with Gasteiger partial charge in [-0.1, -0.05) is 48.5 Å². The van der Waals surface area contributed by atoms with E-state index < -0.39 is 12.1 Å². The maximum absolute atomic E-state index is 13.9. The normalized spacial score (nSPS) is 23.1. The quantitative estimate of drug-likeness (QED) is 0.893. The monoisotopic (exact) mass is 367 g/mol. The van der Waals surface area contributed by atoms with Crippen LogP contribution in [0.3, 0.4) is 0 Å². The van der Waals surface area contributed by atoms with Crippen molar-refractivity contribution in [2.75, 3.05) is 19.6 Å². The van der Waals surface area contributed by atoms with Crippen molar-refractivity contribution < 1.29 is 14.0 Å². The highest BCUT2D eigenvalue weighted by atomic mass is 19.1. The van der Waals surface area contributed by atoms with Gasteiger partial charge in [-0.3, -0.25) is 14.5 Å². The van der Waals surface area contributed by atoms with Gasteiger partial charge >= 0.3 is 0 Å². The van der Waals surface area contributed by atoms with Gasteiger partial charge in [0, 0.05) is 38.2 Å². The van der Waals surface area contributed by atoms with Gasteiger partial charge < -0.3 is 10.2 Å². The van der Waals surface area contributed by atoms with Crippen LogP contribution < -0.4 is 5.32 Å². The van der Waals surface area contributed by atoms with Crippen LogP contribution >= 0.6 is 0 Å². The molecular formula is C21H22FN3O2. The molecule has 2 aliphatic rings. The van der Waals surface area contributed by atoms with E-state index in [0.29, 0.717) is 38.2 Å². The Labute approximate surface area is 157 Å². The molecule has 2 aromatic rings.